The van der Waals surface area contributed by atoms with Gasteiger partial charge in [0.2, 0.25) is 17.7 Å². The van der Waals surface area contributed by atoms with Crippen LogP contribution in [0.25, 0.3) is 10.8 Å². The van der Waals surface area contributed by atoms with Crippen LogP contribution in [0.15, 0.2) is 243 Å². The normalized spacial score (nSPS) is 19.8. The van der Waals surface area contributed by atoms with Crippen LogP contribution >= 0.6 is 0 Å². The summed E-state index contributed by atoms with van der Waals surface area (Å²) in [5.74, 6) is -0.399. The Kier molecular flexibility index (Phi) is 34.6. The number of nitrogens with one attached hydrogen (secondary N) is 6. The third-order valence-electron chi connectivity index (χ3n) is 24.7. The fraction of sp³-hybridized carbons (Fsp3) is 0.420. The number of likely N-dealkylation sites (tertiary alicyclic amines) is 2. The predicted octanol–water partition coefficient (Wildman–Crippen LogP) is 15.5. The van der Waals surface area contributed by atoms with Crippen LogP contribution in [0, 0.1) is 0 Å². The molecule has 5 fully saturated rings. The number of hydrogen-bond acceptors (Lipinski definition) is 12. The van der Waals surface area contributed by atoms with Crippen molar-refractivity contribution in [1.29, 1.82) is 0 Å². The average molecular weight is 1700 g/mol. The van der Waals surface area contributed by atoms with Crippen molar-refractivity contribution in [2.75, 3.05) is 105 Å². The van der Waals surface area contributed by atoms with Gasteiger partial charge in [0.15, 0.2) is 0 Å². The summed E-state index contributed by atoms with van der Waals surface area (Å²) in [6.07, 6.45) is 4.57. The summed E-state index contributed by atoms with van der Waals surface area (Å²) in [7, 11) is 0. The standard InChI is InChI=1S/C35H41F3N4O2.C35H46N4O2.C30H33F3N4O2/c36-35(37,38)29-16-14-28(15-17-29)33(43)39-24-30-18-23-42(34(44)32(40-30)19-22-41-20-8-3-9-21-41)25-31(26-10-4-1-5-11-26)27-12-6-2-7-13-27;1-2-11-31(27-12-5-3-6-13-27)26-39-23-18-32(37-33(35(39)41)19-22-38-20-9-4-10-21-38)25-36-34(40)30-17-16-28-14-7-8-15-29(28)24-30;31-30(32,33)24-13-11-23(12-14-24)28(38)35-19-25-16-18-37(29(39)27(36-25)15-17-34)20-26(21-7-3-1-4-8-21)22-9-5-2-6-10-22/h1-2,4-7,10-17,30-32,40H,3,8-9,18-25H2,(H,39,43);3,5-8,12-17,24,31-33,37H,2,4,9-11,18-23,25-26H2,1H3,(H,36,40);1-14,25-27,36H,15-20,34H2,(H,35,38)/t30-,32-;31-,32+,33+;25-,27-/m010/s1. The molecule has 24 heteroatoms. The minimum atomic E-state index is -4.46. The second-order valence-electron chi connectivity index (χ2n) is 33.4. The molecule has 5 aliphatic heterocycles. The van der Waals surface area contributed by atoms with Crippen molar-refractivity contribution >= 4 is 46.2 Å². The van der Waals surface area contributed by atoms with Gasteiger partial charge in [-0.25, -0.2) is 0 Å². The van der Waals surface area contributed by atoms with Crippen LogP contribution in [-0.2, 0) is 26.7 Å². The Hall–Kier alpha value is -10.6. The number of amides is 6. The number of benzene rings is 9. The first-order chi connectivity index (χ1) is 60.1. The summed E-state index contributed by atoms with van der Waals surface area (Å²) in [6, 6.07) is 72.1. The van der Waals surface area contributed by atoms with E-state index in [0.717, 1.165) is 141 Å². The molecule has 8 N–H and O–H groups in total. The van der Waals surface area contributed by atoms with Gasteiger partial charge < -0.3 is 62.1 Å². The molecule has 5 saturated heterocycles. The van der Waals surface area contributed by atoms with Crippen LogP contribution < -0.4 is 37.6 Å². The average Bonchev–Trinajstić information content (AvgIpc) is 1.26. The number of halogens is 6. The maximum atomic E-state index is 14.1. The van der Waals surface area contributed by atoms with E-state index in [1.54, 1.807) is 0 Å². The molecule has 124 heavy (non-hydrogen) atoms. The monoisotopic (exact) mass is 1700 g/mol. The van der Waals surface area contributed by atoms with Crippen molar-refractivity contribution in [2.45, 2.75) is 163 Å². The van der Waals surface area contributed by atoms with Gasteiger partial charge in [0, 0.05) is 125 Å². The zero-order valence-corrected chi connectivity index (χ0v) is 71.0. The molecule has 0 radical (unpaired) electrons. The quantitative estimate of drug-likeness (QED) is 0.0209. The lowest BCUT2D eigenvalue weighted by Gasteiger charge is -2.31. The highest BCUT2D eigenvalue weighted by Gasteiger charge is 2.38. The second kappa shape index (κ2) is 46.4. The molecular formula is C100H120F6N12O6. The summed E-state index contributed by atoms with van der Waals surface area (Å²) in [4.78, 5) is 91.1. The maximum Gasteiger partial charge on any atom is 0.416 e. The van der Waals surface area contributed by atoms with Gasteiger partial charge in [-0.05, 0) is 203 Å². The van der Waals surface area contributed by atoms with Crippen molar-refractivity contribution in [3.63, 3.8) is 0 Å². The Bertz CT molecular complexity index is 4720. The number of alkyl halides is 6. The van der Waals surface area contributed by atoms with E-state index in [-0.39, 0.29) is 83.8 Å². The van der Waals surface area contributed by atoms with Gasteiger partial charge in [-0.3, -0.25) is 28.8 Å². The van der Waals surface area contributed by atoms with Crippen molar-refractivity contribution in [2.24, 2.45) is 5.73 Å². The van der Waals surface area contributed by atoms with Crippen molar-refractivity contribution in [3.05, 3.63) is 298 Å². The zero-order valence-electron chi connectivity index (χ0n) is 71.0. The van der Waals surface area contributed by atoms with Gasteiger partial charge in [0.1, 0.15) is 0 Å². The number of piperidine rings is 2. The molecule has 6 amide bonds. The van der Waals surface area contributed by atoms with Gasteiger partial charge >= 0.3 is 12.4 Å². The van der Waals surface area contributed by atoms with Crippen LogP contribution in [0.3, 0.4) is 0 Å². The van der Waals surface area contributed by atoms with Crippen molar-refractivity contribution in [3.8, 4) is 0 Å². The number of nitrogens with two attached hydrogens (primary N) is 1. The highest BCUT2D eigenvalue weighted by Crippen LogP contribution is 2.34. The first-order valence-corrected chi connectivity index (χ1v) is 44.4. The van der Waals surface area contributed by atoms with Crippen molar-refractivity contribution in [1.82, 2.24) is 56.4 Å². The summed E-state index contributed by atoms with van der Waals surface area (Å²) >= 11 is 0. The molecule has 0 spiro atoms. The smallest absolute Gasteiger partial charge is 0.350 e. The largest absolute Gasteiger partial charge is 0.416 e. The second-order valence-corrected chi connectivity index (χ2v) is 33.4. The molecule has 7 atom stereocenters. The number of carbonyl (C=O) groups is 6. The van der Waals surface area contributed by atoms with E-state index >= 15 is 0 Å². The Morgan fingerprint density at radius 1 is 0.387 bits per heavy atom. The van der Waals surface area contributed by atoms with Gasteiger partial charge in [0.25, 0.3) is 17.7 Å². The van der Waals surface area contributed by atoms with Gasteiger partial charge in [0.05, 0.1) is 29.3 Å². The fourth-order valence-corrected chi connectivity index (χ4v) is 17.6. The lowest BCUT2D eigenvalue weighted by atomic mass is 9.90. The van der Waals surface area contributed by atoms with E-state index in [1.807, 2.05) is 119 Å². The summed E-state index contributed by atoms with van der Waals surface area (Å²) in [5.41, 5.74) is 11.0. The van der Waals surface area contributed by atoms with Crippen LogP contribution in [0.5, 0.6) is 0 Å². The molecule has 9 aromatic rings. The SMILES string of the molecule is CCC[C@H](CN1CC[C@@H](CNC(=O)c2ccc3ccccc3c2)N[C@@H](CCN2CCCCC2)C1=O)c1ccccc1.NCC[C@@H]1N[C@H](CNC(=O)c2ccc(C(F)(F)F)cc2)CCN(CC(c2ccccc2)c2ccccc2)C1=O.O=C(NC[C@@H]1CCN(CC(c2ccccc2)c2ccccc2)C(=O)[C@H](CCN2CCCCC2)N1)c1ccc(C(F)(F)F)cc1. The number of rotatable bonds is 30. The molecule has 5 heterocycles. The molecule has 0 unspecified atom stereocenters. The molecular weight excluding hydrogens is 1580 g/mol. The minimum Gasteiger partial charge on any atom is -0.350 e. The van der Waals surface area contributed by atoms with Crippen molar-refractivity contribution < 1.29 is 55.1 Å². The van der Waals surface area contributed by atoms with Gasteiger partial charge in [-0.2, -0.15) is 26.3 Å². The fourth-order valence-electron chi connectivity index (χ4n) is 17.6. The first kappa shape index (κ1) is 92.6. The molecule has 0 aliphatic carbocycles. The van der Waals surface area contributed by atoms with Crippen LogP contribution in [0.4, 0.5) is 26.3 Å². The molecule has 0 saturated carbocycles. The number of nitrogens with zero attached hydrogens (tertiary/aromatic N) is 5. The lowest BCUT2D eigenvalue weighted by molar-refractivity contribution is -0.138. The molecule has 14 rings (SSSR count). The first-order valence-electron chi connectivity index (χ1n) is 44.4. The zero-order chi connectivity index (χ0) is 87.2. The van der Waals surface area contributed by atoms with E-state index in [9.17, 15) is 55.1 Å². The topological polar surface area (TPSA) is 217 Å². The third-order valence-corrected chi connectivity index (χ3v) is 24.7. The molecule has 658 valence electrons. The van der Waals surface area contributed by atoms with E-state index < -0.39 is 47.4 Å². The van der Waals surface area contributed by atoms with Gasteiger partial charge in [-0.1, -0.05) is 208 Å². The highest BCUT2D eigenvalue weighted by molar-refractivity contribution is 5.99. The van der Waals surface area contributed by atoms with Gasteiger partial charge in [-0.15, -0.1) is 0 Å². The highest BCUT2D eigenvalue weighted by atomic mass is 19.4. The van der Waals surface area contributed by atoms with E-state index in [1.165, 1.54) is 56.2 Å². The number of fused-ring (bicyclic) bond motifs is 1. The van der Waals surface area contributed by atoms with Crippen LogP contribution in [-0.4, -0.2) is 201 Å². The molecule has 0 aromatic heterocycles. The molecule has 5 aliphatic rings. The Balaban J connectivity index is 0.000000170. The van der Waals surface area contributed by atoms with E-state index in [0.29, 0.717) is 83.0 Å². The Morgan fingerprint density at radius 3 is 1.06 bits per heavy atom. The Labute approximate surface area is 725 Å². The lowest BCUT2D eigenvalue weighted by Crippen LogP contribution is -2.50. The molecule has 9 aromatic carbocycles. The number of carbonyl (C=O) groups excluding carboxylic acids is 6. The van der Waals surface area contributed by atoms with Crippen LogP contribution in [0.2, 0.25) is 0 Å². The minimum absolute atomic E-state index is 0.00852. The van der Waals surface area contributed by atoms with E-state index in [4.69, 9.17) is 5.73 Å². The maximum absolute atomic E-state index is 14.1. The molecule has 0 bridgehead atoms. The van der Waals surface area contributed by atoms with Crippen LogP contribution in [0.1, 0.15) is 185 Å². The summed E-state index contributed by atoms with van der Waals surface area (Å²) in [5, 5.41) is 21.6. The predicted molar refractivity (Wildman–Crippen MR) is 477 cm³/mol. The number of hydrogen-bond donors (Lipinski definition) is 7. The summed E-state index contributed by atoms with van der Waals surface area (Å²) < 4.78 is 77.4. The third kappa shape index (κ3) is 27.2. The molecule has 18 nitrogen and oxygen atoms in total. The summed E-state index contributed by atoms with van der Waals surface area (Å²) in [6.45, 7) is 13.1. The Morgan fingerprint density at radius 2 is 0.710 bits per heavy atom. The van der Waals surface area contributed by atoms with E-state index in [2.05, 4.69) is 138 Å².